The van der Waals surface area contributed by atoms with Crippen molar-refractivity contribution in [2.45, 2.75) is 19.8 Å². The lowest BCUT2D eigenvalue weighted by atomic mass is 10.2. The van der Waals surface area contributed by atoms with E-state index in [-0.39, 0.29) is 25.9 Å². The smallest absolute Gasteiger partial charge is 0.321 e. The standard InChI is InChI=1S/C19H22N4O5S/c1-16-4-6-17(7-5-16)8-13-29(26,27)22-14-19(25)28-15-18(24)23(11-2-9-20)12-3-10-21/h4-8,13,22H,2-3,11-12,14-15H2,1H3/b13-8+. The predicted molar refractivity (Wildman–Crippen MR) is 105 cm³/mol. The van der Waals surface area contributed by atoms with Crippen LogP contribution >= 0.6 is 0 Å². The van der Waals surface area contributed by atoms with E-state index in [0.717, 1.165) is 11.0 Å². The maximum absolute atomic E-state index is 12.0. The van der Waals surface area contributed by atoms with Crippen molar-refractivity contribution < 1.29 is 22.7 Å². The van der Waals surface area contributed by atoms with E-state index in [1.165, 1.54) is 11.0 Å². The lowest BCUT2D eigenvalue weighted by molar-refractivity contribution is -0.151. The molecule has 1 amide bonds. The third-order valence-corrected chi connectivity index (χ3v) is 4.67. The molecule has 154 valence electrons. The second-order valence-electron chi connectivity index (χ2n) is 5.94. The Balaban J connectivity index is 2.48. The molecule has 0 fully saturated rings. The summed E-state index contributed by atoms with van der Waals surface area (Å²) in [5.41, 5.74) is 1.73. The Hall–Kier alpha value is -3.21. The predicted octanol–water partition coefficient (Wildman–Crippen LogP) is 1.08. The summed E-state index contributed by atoms with van der Waals surface area (Å²) >= 11 is 0. The van der Waals surface area contributed by atoms with E-state index in [1.54, 1.807) is 12.1 Å². The fourth-order valence-corrected chi connectivity index (χ4v) is 2.82. The van der Waals surface area contributed by atoms with Crippen LogP contribution in [-0.2, 0) is 24.3 Å². The van der Waals surface area contributed by atoms with Crippen molar-refractivity contribution in [1.29, 1.82) is 10.5 Å². The Morgan fingerprint density at radius 1 is 1.14 bits per heavy atom. The van der Waals surface area contributed by atoms with Crippen LogP contribution in [0.4, 0.5) is 0 Å². The molecule has 10 heteroatoms. The number of nitriles is 2. The normalized spacial score (nSPS) is 10.9. The van der Waals surface area contributed by atoms with Gasteiger partial charge < -0.3 is 9.64 Å². The molecule has 0 aromatic heterocycles. The molecule has 0 aliphatic heterocycles. The minimum absolute atomic E-state index is 0.0816. The summed E-state index contributed by atoms with van der Waals surface area (Å²) in [5.74, 6) is -1.49. The largest absolute Gasteiger partial charge is 0.455 e. The SMILES string of the molecule is Cc1ccc(/C=C/S(=O)(=O)NCC(=O)OCC(=O)N(CCC#N)CCC#N)cc1. The number of nitrogens with zero attached hydrogens (tertiary/aromatic N) is 3. The summed E-state index contributed by atoms with van der Waals surface area (Å²) in [6, 6.07) is 11.0. The van der Waals surface area contributed by atoms with Gasteiger partial charge in [0.1, 0.15) is 6.54 Å². The number of sulfonamides is 1. The molecule has 29 heavy (non-hydrogen) atoms. The maximum atomic E-state index is 12.0. The minimum Gasteiger partial charge on any atom is -0.455 e. The molecule has 1 N–H and O–H groups in total. The van der Waals surface area contributed by atoms with E-state index in [4.69, 9.17) is 15.3 Å². The topological polar surface area (TPSA) is 140 Å². The van der Waals surface area contributed by atoms with Crippen LogP contribution in [0.25, 0.3) is 6.08 Å². The Labute approximate surface area is 170 Å². The van der Waals surface area contributed by atoms with E-state index in [2.05, 4.69) is 4.72 Å². The molecule has 1 rings (SSSR count). The molecule has 0 aliphatic rings. The average Bonchev–Trinajstić information content (AvgIpc) is 2.70. The molecule has 0 saturated heterocycles. The van der Waals surface area contributed by atoms with E-state index in [0.29, 0.717) is 5.56 Å². The molecule has 9 nitrogen and oxygen atoms in total. The highest BCUT2D eigenvalue weighted by Gasteiger charge is 2.16. The highest BCUT2D eigenvalue weighted by Crippen LogP contribution is 2.06. The molecular formula is C19H22N4O5S. The van der Waals surface area contributed by atoms with E-state index in [1.807, 2.05) is 31.2 Å². The van der Waals surface area contributed by atoms with Gasteiger partial charge in [0.2, 0.25) is 10.0 Å². The molecule has 0 bridgehead atoms. The Morgan fingerprint density at radius 2 is 1.72 bits per heavy atom. The van der Waals surface area contributed by atoms with Crippen LogP contribution in [0.1, 0.15) is 24.0 Å². The quantitative estimate of drug-likeness (QED) is 0.530. The number of rotatable bonds is 11. The van der Waals surface area contributed by atoms with Crippen LogP contribution in [0, 0.1) is 29.6 Å². The monoisotopic (exact) mass is 418 g/mol. The second-order valence-corrected chi connectivity index (χ2v) is 7.59. The Bertz CT molecular complexity index is 893. The van der Waals surface area contributed by atoms with Gasteiger partial charge in [-0.3, -0.25) is 9.59 Å². The Kier molecular flexibility index (Phi) is 10.1. The number of carbonyl (C=O) groups is 2. The van der Waals surface area contributed by atoms with E-state index in [9.17, 15) is 18.0 Å². The highest BCUT2D eigenvalue weighted by molar-refractivity contribution is 7.92. The number of hydrogen-bond acceptors (Lipinski definition) is 7. The van der Waals surface area contributed by atoms with Crippen LogP contribution in [-0.4, -0.2) is 51.4 Å². The molecular weight excluding hydrogens is 396 g/mol. The second kappa shape index (κ2) is 12.3. The Morgan fingerprint density at radius 3 is 2.28 bits per heavy atom. The minimum atomic E-state index is -3.86. The van der Waals surface area contributed by atoms with Crippen LogP contribution in [0.15, 0.2) is 29.7 Å². The van der Waals surface area contributed by atoms with Gasteiger partial charge in [-0.2, -0.15) is 10.5 Å². The number of hydrogen-bond donors (Lipinski definition) is 1. The van der Waals surface area contributed by atoms with Gasteiger partial charge in [-0.25, -0.2) is 13.1 Å². The molecule has 0 radical (unpaired) electrons. The summed E-state index contributed by atoms with van der Waals surface area (Å²) in [7, 11) is -3.86. The first kappa shape index (κ1) is 23.8. The van der Waals surface area contributed by atoms with Crippen LogP contribution in [0.2, 0.25) is 0 Å². The number of aryl methyl sites for hydroxylation is 1. The van der Waals surface area contributed by atoms with Gasteiger partial charge in [-0.05, 0) is 18.6 Å². The molecule has 0 heterocycles. The number of esters is 1. The molecule has 1 aromatic carbocycles. The fourth-order valence-electron chi connectivity index (χ4n) is 2.07. The first-order chi connectivity index (χ1) is 13.8. The van der Waals surface area contributed by atoms with Crippen molar-refractivity contribution in [2.24, 2.45) is 0 Å². The first-order valence-electron chi connectivity index (χ1n) is 8.69. The van der Waals surface area contributed by atoms with Gasteiger partial charge in [0.15, 0.2) is 6.61 Å². The molecule has 0 aliphatic carbocycles. The van der Waals surface area contributed by atoms with Gasteiger partial charge >= 0.3 is 5.97 Å². The number of ether oxygens (including phenoxy) is 1. The summed E-state index contributed by atoms with van der Waals surface area (Å²) in [5, 5.41) is 18.1. The third-order valence-electron chi connectivity index (χ3n) is 3.63. The van der Waals surface area contributed by atoms with Crippen molar-refractivity contribution in [3.05, 3.63) is 40.8 Å². The maximum Gasteiger partial charge on any atom is 0.321 e. The van der Waals surface area contributed by atoms with Gasteiger partial charge in [0, 0.05) is 18.5 Å². The van der Waals surface area contributed by atoms with Crippen molar-refractivity contribution in [2.75, 3.05) is 26.2 Å². The molecule has 0 atom stereocenters. The van der Waals surface area contributed by atoms with Gasteiger partial charge in [0.05, 0.1) is 25.0 Å². The van der Waals surface area contributed by atoms with Crippen molar-refractivity contribution >= 4 is 28.0 Å². The highest BCUT2D eigenvalue weighted by atomic mass is 32.2. The average molecular weight is 418 g/mol. The van der Waals surface area contributed by atoms with E-state index >= 15 is 0 Å². The number of nitrogens with one attached hydrogen (secondary N) is 1. The molecule has 0 unspecified atom stereocenters. The molecule has 1 aromatic rings. The fraction of sp³-hybridized carbons (Fsp3) is 0.368. The van der Waals surface area contributed by atoms with Crippen molar-refractivity contribution in [3.63, 3.8) is 0 Å². The lowest BCUT2D eigenvalue weighted by Crippen LogP contribution is -2.37. The zero-order valence-electron chi connectivity index (χ0n) is 16.0. The summed E-state index contributed by atoms with van der Waals surface area (Å²) in [4.78, 5) is 25.0. The zero-order chi connectivity index (χ0) is 21.7. The summed E-state index contributed by atoms with van der Waals surface area (Å²) in [6.07, 6.45) is 1.55. The van der Waals surface area contributed by atoms with Gasteiger partial charge in [-0.1, -0.05) is 29.8 Å². The first-order valence-corrected chi connectivity index (χ1v) is 10.2. The molecule has 0 saturated carbocycles. The summed E-state index contributed by atoms with van der Waals surface area (Å²) < 4.78 is 30.7. The number of carbonyl (C=O) groups excluding carboxylic acids is 2. The number of benzene rings is 1. The van der Waals surface area contributed by atoms with Crippen molar-refractivity contribution in [3.8, 4) is 12.1 Å². The van der Waals surface area contributed by atoms with Crippen LogP contribution < -0.4 is 4.72 Å². The number of amides is 1. The zero-order valence-corrected chi connectivity index (χ0v) is 16.8. The van der Waals surface area contributed by atoms with Crippen LogP contribution in [0.5, 0.6) is 0 Å². The van der Waals surface area contributed by atoms with Crippen molar-refractivity contribution in [1.82, 2.24) is 9.62 Å². The van der Waals surface area contributed by atoms with E-state index < -0.39 is 35.1 Å². The van der Waals surface area contributed by atoms with Gasteiger partial charge in [0.25, 0.3) is 5.91 Å². The molecule has 0 spiro atoms. The lowest BCUT2D eigenvalue weighted by Gasteiger charge is -2.20. The third kappa shape index (κ3) is 10.1. The summed E-state index contributed by atoms with van der Waals surface area (Å²) in [6.45, 7) is 0.908. The van der Waals surface area contributed by atoms with Crippen LogP contribution in [0.3, 0.4) is 0 Å². The van der Waals surface area contributed by atoms with Gasteiger partial charge in [-0.15, -0.1) is 0 Å².